The number of aryl methyl sites for hydroxylation is 2. The second-order valence-electron chi connectivity index (χ2n) is 7.17. The van der Waals surface area contributed by atoms with E-state index in [9.17, 15) is 4.21 Å². The number of nitrogens with one attached hydrogen (secondary N) is 2. The van der Waals surface area contributed by atoms with Crippen LogP contribution in [0, 0.1) is 4.78 Å². The highest BCUT2D eigenvalue weighted by molar-refractivity contribution is 7.90. The summed E-state index contributed by atoms with van der Waals surface area (Å²) in [6, 6.07) is 23.7. The van der Waals surface area contributed by atoms with Gasteiger partial charge in [0.2, 0.25) is 0 Å². The standard InChI is InChI=1S/C23H24ClN3OS/c24-20-12-14-21(15-13-20)29(25,28)26-16-5-17-27-22-8-3-1-6-18(22)10-11-19-7-2-4-9-23(19)27/h1-4,6-9,12-15H,5,10-11,16-17H2,(H2,25,26,28). The third kappa shape index (κ3) is 4.47. The molecule has 6 heteroatoms. The van der Waals surface area contributed by atoms with Crippen LogP contribution in [0.4, 0.5) is 11.4 Å². The third-order valence-corrected chi connectivity index (χ3v) is 7.04. The number of hydrogen-bond acceptors (Lipinski definition) is 3. The first-order chi connectivity index (χ1) is 14.0. The van der Waals surface area contributed by atoms with Crippen LogP contribution >= 0.6 is 11.6 Å². The molecule has 0 spiro atoms. The average Bonchev–Trinajstić information content (AvgIpc) is 2.89. The predicted octanol–water partition coefficient (Wildman–Crippen LogP) is 5.58. The van der Waals surface area contributed by atoms with Crippen molar-refractivity contribution in [1.82, 2.24) is 4.72 Å². The fraction of sp³-hybridized carbons (Fsp3) is 0.217. The van der Waals surface area contributed by atoms with Crippen LogP contribution < -0.4 is 9.62 Å². The number of hydrogen-bond donors (Lipinski definition) is 2. The largest absolute Gasteiger partial charge is 0.341 e. The van der Waals surface area contributed by atoms with Crippen molar-refractivity contribution < 1.29 is 4.21 Å². The zero-order chi connectivity index (χ0) is 20.3. The van der Waals surface area contributed by atoms with Gasteiger partial charge in [0.25, 0.3) is 0 Å². The molecule has 0 radical (unpaired) electrons. The van der Waals surface area contributed by atoms with E-state index in [0.29, 0.717) is 16.5 Å². The first-order valence-electron chi connectivity index (χ1n) is 9.77. The van der Waals surface area contributed by atoms with Crippen molar-refractivity contribution in [2.45, 2.75) is 24.2 Å². The smallest absolute Gasteiger partial charge is 0.134 e. The Morgan fingerprint density at radius 1 is 0.897 bits per heavy atom. The molecule has 0 fully saturated rings. The molecule has 0 saturated carbocycles. The molecule has 2 N–H and O–H groups in total. The highest BCUT2D eigenvalue weighted by Crippen LogP contribution is 2.35. The summed E-state index contributed by atoms with van der Waals surface area (Å²) >= 11 is 5.89. The molecule has 0 aromatic heterocycles. The maximum Gasteiger partial charge on any atom is 0.134 e. The van der Waals surface area contributed by atoms with Gasteiger partial charge >= 0.3 is 0 Å². The first-order valence-corrected chi connectivity index (χ1v) is 11.7. The maximum absolute atomic E-state index is 12.7. The van der Waals surface area contributed by atoms with Gasteiger partial charge in [0.05, 0.1) is 4.90 Å². The number of para-hydroxylation sites is 2. The Morgan fingerprint density at radius 3 is 2.03 bits per heavy atom. The Labute approximate surface area is 177 Å². The van der Waals surface area contributed by atoms with Gasteiger partial charge in [-0.25, -0.2) is 13.7 Å². The van der Waals surface area contributed by atoms with Gasteiger partial charge in [0, 0.05) is 29.5 Å². The Bertz CT molecular complexity index is 1050. The van der Waals surface area contributed by atoms with Crippen molar-refractivity contribution in [3.63, 3.8) is 0 Å². The maximum atomic E-state index is 12.7. The van der Waals surface area contributed by atoms with Crippen molar-refractivity contribution in [2.75, 3.05) is 18.0 Å². The van der Waals surface area contributed by atoms with Crippen LogP contribution in [0.2, 0.25) is 5.02 Å². The molecule has 4 nitrogen and oxygen atoms in total. The summed E-state index contributed by atoms with van der Waals surface area (Å²) in [7, 11) is -3.04. The monoisotopic (exact) mass is 425 g/mol. The lowest BCUT2D eigenvalue weighted by Crippen LogP contribution is -2.27. The van der Waals surface area contributed by atoms with Crippen LogP contribution in [0.1, 0.15) is 17.5 Å². The zero-order valence-corrected chi connectivity index (χ0v) is 17.7. The van der Waals surface area contributed by atoms with E-state index < -0.39 is 9.92 Å². The topological polar surface area (TPSA) is 56.2 Å². The normalized spacial score (nSPS) is 15.1. The third-order valence-electron chi connectivity index (χ3n) is 5.24. The molecule has 1 atom stereocenters. The van der Waals surface area contributed by atoms with Crippen molar-refractivity contribution in [1.29, 1.82) is 4.78 Å². The van der Waals surface area contributed by atoms with Gasteiger partial charge in [-0.2, -0.15) is 0 Å². The van der Waals surface area contributed by atoms with Crippen LogP contribution in [-0.4, -0.2) is 17.3 Å². The highest BCUT2D eigenvalue weighted by Gasteiger charge is 2.19. The van der Waals surface area contributed by atoms with Crippen LogP contribution in [0.3, 0.4) is 0 Å². The first kappa shape index (κ1) is 20.0. The minimum absolute atomic E-state index is 0.451. The molecule has 150 valence electrons. The van der Waals surface area contributed by atoms with Crippen LogP contribution in [0.5, 0.6) is 0 Å². The second kappa shape index (κ2) is 8.57. The summed E-state index contributed by atoms with van der Waals surface area (Å²) in [5.74, 6) is 0. The minimum Gasteiger partial charge on any atom is -0.341 e. The van der Waals surface area contributed by atoms with Gasteiger partial charge in [-0.1, -0.05) is 48.0 Å². The van der Waals surface area contributed by atoms with E-state index in [1.807, 2.05) is 0 Å². The molecule has 1 aliphatic heterocycles. The van der Waals surface area contributed by atoms with E-state index >= 15 is 0 Å². The van der Waals surface area contributed by atoms with Crippen molar-refractivity contribution in [3.05, 3.63) is 88.9 Å². The Kier molecular flexibility index (Phi) is 5.90. The molecule has 0 amide bonds. The summed E-state index contributed by atoms with van der Waals surface area (Å²) in [5.41, 5.74) is 5.17. The second-order valence-corrected chi connectivity index (χ2v) is 9.48. The van der Waals surface area contributed by atoms with E-state index in [1.165, 1.54) is 22.5 Å². The van der Waals surface area contributed by atoms with E-state index in [-0.39, 0.29) is 0 Å². The minimum atomic E-state index is -3.04. The van der Waals surface area contributed by atoms with Gasteiger partial charge in [-0.3, -0.25) is 0 Å². The van der Waals surface area contributed by atoms with Crippen molar-refractivity contribution in [2.24, 2.45) is 0 Å². The predicted molar refractivity (Wildman–Crippen MR) is 120 cm³/mol. The molecule has 1 aliphatic rings. The molecule has 29 heavy (non-hydrogen) atoms. The Hall–Kier alpha value is -2.34. The number of fused-ring (bicyclic) bond motifs is 2. The molecule has 4 rings (SSSR count). The summed E-state index contributed by atoms with van der Waals surface area (Å²) in [6.07, 6.45) is 2.82. The highest BCUT2D eigenvalue weighted by atomic mass is 35.5. The van der Waals surface area contributed by atoms with Gasteiger partial charge in [0.15, 0.2) is 0 Å². The van der Waals surface area contributed by atoms with Gasteiger partial charge < -0.3 is 4.90 Å². The Balaban J connectivity index is 1.48. The molecule has 0 bridgehead atoms. The van der Waals surface area contributed by atoms with E-state index in [1.54, 1.807) is 24.3 Å². The van der Waals surface area contributed by atoms with Crippen molar-refractivity contribution in [3.8, 4) is 0 Å². The van der Waals surface area contributed by atoms with E-state index in [4.69, 9.17) is 16.4 Å². The zero-order valence-electron chi connectivity index (χ0n) is 16.1. The lowest BCUT2D eigenvalue weighted by molar-refractivity contribution is 0.657. The SMILES string of the molecule is N=S(=O)(NCCCN1c2ccccc2CCc2ccccc21)c1ccc(Cl)cc1. The van der Waals surface area contributed by atoms with Gasteiger partial charge in [0.1, 0.15) is 9.92 Å². The molecular formula is C23H24ClN3OS. The van der Waals surface area contributed by atoms with E-state index in [0.717, 1.165) is 25.8 Å². The summed E-state index contributed by atoms with van der Waals surface area (Å²) in [4.78, 5) is 2.81. The van der Waals surface area contributed by atoms with Gasteiger partial charge in [-0.05, 0) is 66.8 Å². The van der Waals surface area contributed by atoms with Crippen LogP contribution in [-0.2, 0) is 22.8 Å². The molecule has 3 aromatic carbocycles. The summed E-state index contributed by atoms with van der Waals surface area (Å²) in [5, 5.41) is 0.572. The van der Waals surface area contributed by atoms with E-state index in [2.05, 4.69) is 58.2 Å². The van der Waals surface area contributed by atoms with Crippen molar-refractivity contribution >= 4 is 32.9 Å². The quantitative estimate of drug-likeness (QED) is 0.506. The molecular weight excluding hydrogens is 402 g/mol. The fourth-order valence-electron chi connectivity index (χ4n) is 3.77. The van der Waals surface area contributed by atoms with Crippen LogP contribution in [0.15, 0.2) is 77.7 Å². The number of rotatable bonds is 6. The number of halogens is 1. The number of nitrogens with zero attached hydrogens (tertiary/aromatic N) is 1. The van der Waals surface area contributed by atoms with Crippen LogP contribution in [0.25, 0.3) is 0 Å². The number of benzene rings is 3. The lowest BCUT2D eigenvalue weighted by atomic mass is 10.0. The van der Waals surface area contributed by atoms with Gasteiger partial charge in [-0.15, -0.1) is 0 Å². The average molecular weight is 426 g/mol. The summed E-state index contributed by atoms with van der Waals surface area (Å²) < 4.78 is 23.8. The lowest BCUT2D eigenvalue weighted by Gasteiger charge is -2.27. The molecule has 1 unspecified atom stereocenters. The molecule has 1 heterocycles. The Morgan fingerprint density at radius 2 is 1.45 bits per heavy atom. The molecule has 3 aromatic rings. The number of anilines is 2. The molecule has 0 saturated heterocycles. The molecule has 0 aliphatic carbocycles. The fourth-order valence-corrected chi connectivity index (χ4v) is 5.02. The summed E-state index contributed by atoms with van der Waals surface area (Å²) in [6.45, 7) is 1.28.